The van der Waals surface area contributed by atoms with Crippen LogP contribution in [0.25, 0.3) is 0 Å². The fraction of sp³-hybridized carbons (Fsp3) is 0.438. The van der Waals surface area contributed by atoms with E-state index < -0.39 is 41.5 Å². The van der Waals surface area contributed by atoms with Gasteiger partial charge in [-0.25, -0.2) is 13.2 Å². The lowest BCUT2D eigenvalue weighted by atomic mass is 10.0. The summed E-state index contributed by atoms with van der Waals surface area (Å²) in [5.41, 5.74) is 5.54. The number of hydroxylamine groups is 2. The molecule has 0 saturated carbocycles. The van der Waals surface area contributed by atoms with E-state index in [1.165, 1.54) is 0 Å². The van der Waals surface area contributed by atoms with Gasteiger partial charge in [0.05, 0.1) is 19.5 Å². The Balaban J connectivity index is 1.55. The van der Waals surface area contributed by atoms with E-state index in [0.717, 1.165) is 9.63 Å². The number of nitrogens with two attached hydrogens (primary N) is 1. The fourth-order valence-electron chi connectivity index (χ4n) is 2.89. The third kappa shape index (κ3) is 4.85. The lowest BCUT2D eigenvalue weighted by Gasteiger charge is -2.26. The van der Waals surface area contributed by atoms with E-state index in [2.05, 4.69) is 10.2 Å². The Kier molecular flexibility index (Phi) is 5.80. The summed E-state index contributed by atoms with van der Waals surface area (Å²) in [5, 5.41) is 7.67. The Hall–Kier alpha value is -2.67. The van der Waals surface area contributed by atoms with Gasteiger partial charge in [0.2, 0.25) is 5.82 Å². The van der Waals surface area contributed by atoms with E-state index in [1.807, 2.05) is 0 Å². The zero-order valence-electron chi connectivity index (χ0n) is 14.7. The normalized spacial score (nSPS) is 15.8. The van der Waals surface area contributed by atoms with Crippen molar-refractivity contribution in [3.05, 3.63) is 46.8 Å². The van der Waals surface area contributed by atoms with Crippen LogP contribution in [0, 0.1) is 17.5 Å². The molecule has 1 aromatic carbocycles. The molecule has 1 aliphatic heterocycles. The van der Waals surface area contributed by atoms with Crippen LogP contribution in [-0.4, -0.2) is 38.4 Å². The second-order valence-electron chi connectivity index (χ2n) is 6.44. The van der Waals surface area contributed by atoms with Crippen LogP contribution >= 0.6 is 0 Å². The summed E-state index contributed by atoms with van der Waals surface area (Å²) in [6.45, 7) is -0.384. The van der Waals surface area contributed by atoms with Gasteiger partial charge in [-0.15, -0.1) is 15.3 Å². The number of nitrogens with zero attached hydrogens (tertiary/aromatic N) is 4. The summed E-state index contributed by atoms with van der Waals surface area (Å²) in [6, 6.07) is 0.0903. The topological polar surface area (TPSA) is 86.3 Å². The minimum atomic E-state index is -4.65. The zero-order chi connectivity index (χ0) is 21.3. The minimum absolute atomic E-state index is 0.0236. The van der Waals surface area contributed by atoms with Crippen molar-refractivity contribution in [1.29, 1.82) is 0 Å². The lowest BCUT2D eigenvalue weighted by Crippen LogP contribution is -2.38. The maximum atomic E-state index is 13.6. The Bertz CT molecular complexity index is 916. The Labute approximate surface area is 160 Å². The fourth-order valence-corrected chi connectivity index (χ4v) is 2.89. The molecule has 1 atom stereocenters. The molecule has 0 bridgehead atoms. The first kappa shape index (κ1) is 21.0. The summed E-state index contributed by atoms with van der Waals surface area (Å²) < 4.78 is 79.1. The van der Waals surface area contributed by atoms with Gasteiger partial charge in [0, 0.05) is 18.7 Å². The van der Waals surface area contributed by atoms with E-state index in [-0.39, 0.29) is 43.9 Å². The van der Waals surface area contributed by atoms with Gasteiger partial charge in [0.1, 0.15) is 5.82 Å². The van der Waals surface area contributed by atoms with Crippen molar-refractivity contribution in [2.24, 2.45) is 5.73 Å². The van der Waals surface area contributed by atoms with Gasteiger partial charge in [-0.1, -0.05) is 0 Å². The van der Waals surface area contributed by atoms with E-state index in [1.54, 1.807) is 0 Å². The summed E-state index contributed by atoms with van der Waals surface area (Å²) in [7, 11) is 0. The zero-order valence-corrected chi connectivity index (χ0v) is 14.7. The number of hydrogen-bond donors (Lipinski definition) is 1. The molecule has 13 heteroatoms. The van der Waals surface area contributed by atoms with Crippen LogP contribution in [-0.2, 0) is 35.3 Å². The van der Waals surface area contributed by atoms with Crippen molar-refractivity contribution in [3.8, 4) is 0 Å². The molecule has 0 saturated heterocycles. The van der Waals surface area contributed by atoms with E-state index in [9.17, 15) is 31.1 Å². The molecule has 0 radical (unpaired) electrons. The van der Waals surface area contributed by atoms with Crippen molar-refractivity contribution in [2.75, 3.05) is 6.54 Å². The highest BCUT2D eigenvalue weighted by atomic mass is 19.4. The number of aromatic nitrogens is 3. The molecule has 7 nitrogen and oxygen atoms in total. The average Bonchev–Trinajstić information content (AvgIpc) is 3.03. The molecule has 158 valence electrons. The van der Waals surface area contributed by atoms with Gasteiger partial charge >= 0.3 is 12.1 Å². The quantitative estimate of drug-likeness (QED) is 0.585. The van der Waals surface area contributed by atoms with E-state index in [0.29, 0.717) is 12.1 Å². The van der Waals surface area contributed by atoms with Crippen molar-refractivity contribution in [1.82, 2.24) is 19.8 Å². The van der Waals surface area contributed by atoms with E-state index in [4.69, 9.17) is 10.6 Å². The SMILES string of the molecule is N[C@@H](CC(=O)ON1CCn2c(nnc2C(F)(F)F)C1)Cc1cc(F)c(F)cc1F. The molecule has 0 fully saturated rings. The van der Waals surface area contributed by atoms with Crippen LogP contribution < -0.4 is 5.73 Å². The maximum Gasteiger partial charge on any atom is 0.451 e. The maximum absolute atomic E-state index is 13.6. The van der Waals surface area contributed by atoms with Crippen LogP contribution in [0.4, 0.5) is 26.3 Å². The van der Waals surface area contributed by atoms with Crippen LogP contribution in [0.2, 0.25) is 0 Å². The number of carbonyl (C=O) groups excluding carboxylic acids is 1. The molecule has 0 aliphatic carbocycles. The molecule has 2 N–H and O–H groups in total. The highest BCUT2D eigenvalue weighted by Gasteiger charge is 2.39. The Morgan fingerprint density at radius 2 is 1.83 bits per heavy atom. The largest absolute Gasteiger partial charge is 0.451 e. The Morgan fingerprint density at radius 1 is 1.14 bits per heavy atom. The number of hydrogen-bond acceptors (Lipinski definition) is 6. The predicted molar refractivity (Wildman–Crippen MR) is 84.1 cm³/mol. The predicted octanol–water partition coefficient (Wildman–Crippen LogP) is 1.95. The van der Waals surface area contributed by atoms with Crippen LogP contribution in [0.3, 0.4) is 0 Å². The summed E-state index contributed by atoms with van der Waals surface area (Å²) in [5.74, 6) is -5.55. The van der Waals surface area contributed by atoms with Crippen molar-refractivity contribution in [3.63, 3.8) is 0 Å². The number of alkyl halides is 3. The van der Waals surface area contributed by atoms with Crippen molar-refractivity contribution in [2.45, 2.75) is 38.1 Å². The first-order valence-electron chi connectivity index (χ1n) is 8.38. The second kappa shape index (κ2) is 7.99. The van der Waals surface area contributed by atoms with Crippen LogP contribution in [0.5, 0.6) is 0 Å². The van der Waals surface area contributed by atoms with Crippen LogP contribution in [0.15, 0.2) is 12.1 Å². The third-order valence-electron chi connectivity index (χ3n) is 4.20. The van der Waals surface area contributed by atoms with Crippen LogP contribution in [0.1, 0.15) is 23.6 Å². The van der Waals surface area contributed by atoms with Gasteiger partial charge < -0.3 is 15.1 Å². The first-order chi connectivity index (χ1) is 13.5. The standard InChI is InChI=1S/C16H15F6N5O2/c17-10-6-12(19)11(18)4-8(10)3-9(23)5-14(28)29-26-1-2-27-13(7-26)24-25-15(27)16(20,21)22/h4,6,9H,1-3,5,7,23H2/t9-/m1/s1. The van der Waals surface area contributed by atoms with Gasteiger partial charge in [-0.2, -0.15) is 13.2 Å². The molecule has 3 rings (SSSR count). The minimum Gasteiger partial charge on any atom is -0.367 e. The van der Waals surface area contributed by atoms with Crippen molar-refractivity contribution < 1.29 is 36.0 Å². The van der Waals surface area contributed by atoms with Gasteiger partial charge in [-0.3, -0.25) is 4.79 Å². The molecule has 0 spiro atoms. The highest BCUT2D eigenvalue weighted by molar-refractivity contribution is 5.69. The number of carbonyl (C=O) groups is 1. The molecule has 2 aromatic rings. The lowest BCUT2D eigenvalue weighted by molar-refractivity contribution is -0.199. The summed E-state index contributed by atoms with van der Waals surface area (Å²) >= 11 is 0. The number of fused-ring (bicyclic) bond motifs is 1. The Morgan fingerprint density at radius 3 is 2.52 bits per heavy atom. The molecule has 1 aliphatic rings. The third-order valence-corrected chi connectivity index (χ3v) is 4.20. The van der Waals surface area contributed by atoms with Gasteiger partial charge in [0.15, 0.2) is 17.5 Å². The summed E-state index contributed by atoms with van der Waals surface area (Å²) in [4.78, 5) is 17.0. The monoisotopic (exact) mass is 423 g/mol. The molecule has 2 heterocycles. The molecule has 0 amide bonds. The number of benzene rings is 1. The van der Waals surface area contributed by atoms with E-state index >= 15 is 0 Å². The molecule has 29 heavy (non-hydrogen) atoms. The molecular formula is C16H15F6N5O2. The second-order valence-corrected chi connectivity index (χ2v) is 6.44. The molecule has 1 aromatic heterocycles. The number of halogens is 6. The molecular weight excluding hydrogens is 408 g/mol. The van der Waals surface area contributed by atoms with Gasteiger partial charge in [0.25, 0.3) is 0 Å². The highest BCUT2D eigenvalue weighted by Crippen LogP contribution is 2.29. The van der Waals surface area contributed by atoms with Crippen molar-refractivity contribution >= 4 is 5.97 Å². The molecule has 0 unspecified atom stereocenters. The average molecular weight is 423 g/mol. The smallest absolute Gasteiger partial charge is 0.367 e. The van der Waals surface area contributed by atoms with Gasteiger partial charge in [-0.05, 0) is 18.1 Å². The summed E-state index contributed by atoms with van der Waals surface area (Å²) in [6.07, 6.45) is -5.28. The number of rotatable bonds is 5. The first-order valence-corrected chi connectivity index (χ1v) is 8.38.